The summed E-state index contributed by atoms with van der Waals surface area (Å²) in [5.41, 5.74) is 0. The molecule has 0 bridgehead atoms. The molecule has 0 aliphatic carbocycles. The van der Waals surface area contributed by atoms with Crippen LogP contribution in [0.1, 0.15) is 0 Å². The van der Waals surface area contributed by atoms with Crippen molar-refractivity contribution in [1.82, 2.24) is 0 Å². The van der Waals surface area contributed by atoms with E-state index in [1.54, 1.807) is 0 Å². The first-order chi connectivity index (χ1) is 1.73. The van der Waals surface area contributed by atoms with Gasteiger partial charge < -0.3 is 5.21 Å². The van der Waals surface area contributed by atoms with Crippen LogP contribution in [0.3, 0.4) is 0 Å². The Balaban J connectivity index is -0.0000000450. The molecular formula is H3CsKNO3. The van der Waals surface area contributed by atoms with Gasteiger partial charge in [0.15, 0.2) is 0 Å². The topological polar surface area (TPSA) is 63.4 Å². The Morgan fingerprint density at radius 3 is 1.67 bits per heavy atom. The number of nitrogens with zero attached hydrogens (tertiary/aromatic N) is 1. The third-order valence-electron chi connectivity index (χ3n) is 0. The van der Waals surface area contributed by atoms with Crippen molar-refractivity contribution in [3.63, 3.8) is 0 Å². The van der Waals surface area contributed by atoms with Crippen molar-refractivity contribution in [3.05, 3.63) is 10.1 Å². The van der Waals surface area contributed by atoms with Crippen molar-refractivity contribution in [2.45, 2.75) is 0 Å². The van der Waals surface area contributed by atoms with Gasteiger partial charge in [0.1, 0.15) is 0 Å². The Morgan fingerprint density at radius 2 is 1.67 bits per heavy atom. The Hall–Kier alpha value is 2.89. The van der Waals surface area contributed by atoms with E-state index < -0.39 is 5.09 Å². The van der Waals surface area contributed by atoms with E-state index in [0.29, 0.717) is 0 Å². The molecule has 0 spiro atoms. The van der Waals surface area contributed by atoms with Crippen LogP contribution in [0.25, 0.3) is 0 Å². The molecule has 0 aromatic heterocycles. The quantitative estimate of drug-likeness (QED) is 0.312. The summed E-state index contributed by atoms with van der Waals surface area (Å²) in [5.74, 6) is 0. The second-order valence-electron chi connectivity index (χ2n) is 0.238. The SMILES string of the molecule is O=[N+]([O-])O.[CsH].[KH]. The molecule has 0 fully saturated rings. The van der Waals surface area contributed by atoms with Gasteiger partial charge >= 0.3 is 120 Å². The molecule has 0 atom stereocenters. The van der Waals surface area contributed by atoms with Crippen LogP contribution in [0.2, 0.25) is 0 Å². The molecular weight excluding hydrogens is 234 g/mol. The van der Waals surface area contributed by atoms with Crippen molar-refractivity contribution >= 4 is 120 Å². The minimum atomic E-state index is -1.50. The normalized spacial score (nSPS) is 4.00. The second kappa shape index (κ2) is 10.8. The molecule has 1 N–H and O–H groups in total. The van der Waals surface area contributed by atoms with Crippen molar-refractivity contribution in [2.24, 2.45) is 0 Å². The average molecular weight is 237 g/mol. The zero-order valence-corrected chi connectivity index (χ0v) is 1.71. The summed E-state index contributed by atoms with van der Waals surface area (Å²) in [4.78, 5) is 8.36. The van der Waals surface area contributed by atoms with Crippen LogP contribution >= 0.6 is 0 Å². The van der Waals surface area contributed by atoms with Gasteiger partial charge in [0, 0.05) is 0 Å². The van der Waals surface area contributed by atoms with E-state index in [0.717, 1.165) is 0 Å². The van der Waals surface area contributed by atoms with Gasteiger partial charge in [-0.15, -0.1) is 10.1 Å². The van der Waals surface area contributed by atoms with Crippen LogP contribution in [0.5, 0.6) is 0 Å². The molecule has 6 heavy (non-hydrogen) atoms. The number of hydrogen-bond donors (Lipinski definition) is 1. The summed E-state index contributed by atoms with van der Waals surface area (Å²) >= 11 is 0. The fourth-order valence-electron chi connectivity index (χ4n) is 0. The van der Waals surface area contributed by atoms with E-state index in [9.17, 15) is 0 Å². The Kier molecular flexibility index (Phi) is 28.7. The zero-order chi connectivity index (χ0) is 3.58. The van der Waals surface area contributed by atoms with Gasteiger partial charge in [-0.05, 0) is 0 Å². The van der Waals surface area contributed by atoms with Crippen molar-refractivity contribution in [2.75, 3.05) is 0 Å². The van der Waals surface area contributed by atoms with Crippen LogP contribution in [-0.4, -0.2) is 131 Å². The molecule has 0 rings (SSSR count). The molecule has 0 saturated carbocycles. The van der Waals surface area contributed by atoms with Gasteiger partial charge in [0.25, 0.3) is 5.09 Å². The van der Waals surface area contributed by atoms with Crippen LogP contribution in [0, 0.1) is 10.1 Å². The summed E-state index contributed by atoms with van der Waals surface area (Å²) in [6.45, 7) is 0. The maximum atomic E-state index is 8.36. The first kappa shape index (κ1) is 16.0. The molecule has 0 aliphatic heterocycles. The molecule has 0 aromatic carbocycles. The first-order valence-corrected chi connectivity index (χ1v) is 0.565. The van der Waals surface area contributed by atoms with Gasteiger partial charge in [0.05, 0.1) is 0 Å². The third-order valence-corrected chi connectivity index (χ3v) is 0. The molecule has 28 valence electrons. The summed E-state index contributed by atoms with van der Waals surface area (Å²) in [6, 6.07) is 0. The first-order valence-electron chi connectivity index (χ1n) is 0.565. The monoisotopic (exact) mass is 237 g/mol. The van der Waals surface area contributed by atoms with E-state index in [1.165, 1.54) is 0 Å². The molecule has 0 aliphatic rings. The molecule has 6 heteroatoms. The van der Waals surface area contributed by atoms with E-state index >= 15 is 0 Å². The Morgan fingerprint density at radius 1 is 1.67 bits per heavy atom. The number of rotatable bonds is 0. The van der Waals surface area contributed by atoms with Gasteiger partial charge in [-0.25, -0.2) is 0 Å². The van der Waals surface area contributed by atoms with Gasteiger partial charge in [-0.3, -0.25) is 0 Å². The van der Waals surface area contributed by atoms with E-state index in [4.69, 9.17) is 15.3 Å². The summed E-state index contributed by atoms with van der Waals surface area (Å²) in [5, 5.41) is 13.6. The fourth-order valence-corrected chi connectivity index (χ4v) is 0. The fraction of sp³-hybridized carbons (Fsp3) is 0. The van der Waals surface area contributed by atoms with Crippen molar-refractivity contribution < 1.29 is 10.3 Å². The van der Waals surface area contributed by atoms with Gasteiger partial charge in [-0.1, -0.05) is 0 Å². The Labute approximate surface area is 136 Å². The van der Waals surface area contributed by atoms with E-state index in [-0.39, 0.29) is 120 Å². The molecule has 0 saturated heterocycles. The maximum absolute atomic E-state index is 8.36. The zero-order valence-electron chi connectivity index (χ0n) is 1.71. The standard InChI is InChI=1S/Cs.K.HNO3.2H/c;;2-1(3)4;;/h;;(H,2,3,4);;. The Bertz CT molecular complexity index is 33.8. The molecule has 0 amide bonds. The van der Waals surface area contributed by atoms with Gasteiger partial charge in [-0.2, -0.15) is 0 Å². The third kappa shape index (κ3) is 28.6. The predicted octanol–water partition coefficient (Wildman–Crippen LogP) is -1.64. The minimum absolute atomic E-state index is 0. The molecule has 0 unspecified atom stereocenters. The predicted molar refractivity (Wildman–Crippen MR) is 23.1 cm³/mol. The second-order valence-corrected chi connectivity index (χ2v) is 0.238. The molecule has 4 nitrogen and oxygen atoms in total. The van der Waals surface area contributed by atoms with Crippen molar-refractivity contribution in [1.29, 1.82) is 0 Å². The van der Waals surface area contributed by atoms with Crippen LogP contribution in [0.15, 0.2) is 0 Å². The van der Waals surface area contributed by atoms with Crippen molar-refractivity contribution in [3.8, 4) is 0 Å². The number of hydrogen-bond acceptors (Lipinski definition) is 2. The molecule has 0 radical (unpaired) electrons. The van der Waals surface area contributed by atoms with Crippen LogP contribution in [-0.2, 0) is 0 Å². The van der Waals surface area contributed by atoms with Crippen LogP contribution < -0.4 is 0 Å². The summed E-state index contributed by atoms with van der Waals surface area (Å²) in [6.07, 6.45) is 0. The van der Waals surface area contributed by atoms with E-state index in [1.807, 2.05) is 0 Å². The molecule has 0 aromatic rings. The summed E-state index contributed by atoms with van der Waals surface area (Å²) < 4.78 is 0. The molecule has 0 heterocycles. The van der Waals surface area contributed by atoms with Crippen LogP contribution in [0.4, 0.5) is 0 Å². The average Bonchev–Trinajstić information content (AvgIpc) is 0.811. The summed E-state index contributed by atoms with van der Waals surface area (Å²) in [7, 11) is 0. The van der Waals surface area contributed by atoms with E-state index in [2.05, 4.69) is 0 Å². The van der Waals surface area contributed by atoms with Gasteiger partial charge in [0.2, 0.25) is 0 Å².